The van der Waals surface area contributed by atoms with Gasteiger partial charge < -0.3 is 29.2 Å². The van der Waals surface area contributed by atoms with Crippen molar-refractivity contribution in [2.45, 2.75) is 0 Å². The van der Waals surface area contributed by atoms with Crippen molar-refractivity contribution < 1.29 is 38.7 Å². The van der Waals surface area contributed by atoms with E-state index in [0.717, 1.165) is 0 Å². The molecule has 0 aliphatic rings. The molecule has 0 bridgehead atoms. The third kappa shape index (κ3) is 8.07. The number of nitrogens with zero attached hydrogens (tertiary/aromatic N) is 2. The molecular weight excluding hydrogens is 448 g/mol. The Morgan fingerprint density at radius 2 is 1.18 bits per heavy atom. The number of benzene rings is 2. The average molecular weight is 474 g/mol. The zero-order valence-corrected chi connectivity index (χ0v) is 18.7. The van der Waals surface area contributed by atoms with Crippen LogP contribution in [0.25, 0.3) is 0 Å². The molecule has 0 saturated carbocycles. The Balaban J connectivity index is 1.89. The highest BCUT2D eigenvalue weighted by Gasteiger charge is 2.12. The molecule has 34 heavy (non-hydrogen) atoms. The minimum absolute atomic E-state index is 0.120. The van der Waals surface area contributed by atoms with Gasteiger partial charge in [0.25, 0.3) is 0 Å². The second-order valence-corrected chi connectivity index (χ2v) is 6.36. The number of hydrazone groups is 2. The van der Waals surface area contributed by atoms with E-state index in [2.05, 4.69) is 21.1 Å². The molecule has 2 rings (SSSR count). The quantitative estimate of drug-likeness (QED) is 0.191. The number of carbonyl (C=O) groups is 2. The van der Waals surface area contributed by atoms with Crippen LogP contribution in [0.2, 0.25) is 0 Å². The van der Waals surface area contributed by atoms with Gasteiger partial charge in [-0.05, 0) is 47.5 Å². The Bertz CT molecular complexity index is 944. The molecule has 12 heteroatoms. The molecule has 0 spiro atoms. The SMILES string of the molecule is COc1cc(C=NNC(=O)C(=O)NN=Cc2ccc(OCCO)c(OC)c2)ccc1OCCO. The van der Waals surface area contributed by atoms with Crippen molar-refractivity contribution >= 4 is 24.2 Å². The van der Waals surface area contributed by atoms with Crippen molar-refractivity contribution in [1.82, 2.24) is 10.9 Å². The van der Waals surface area contributed by atoms with E-state index in [4.69, 9.17) is 29.2 Å². The van der Waals surface area contributed by atoms with Crippen molar-refractivity contribution in [3.05, 3.63) is 47.5 Å². The van der Waals surface area contributed by atoms with E-state index in [0.29, 0.717) is 34.1 Å². The molecule has 2 aromatic carbocycles. The van der Waals surface area contributed by atoms with Crippen molar-refractivity contribution in [3.8, 4) is 23.0 Å². The highest BCUT2D eigenvalue weighted by Crippen LogP contribution is 2.28. The summed E-state index contributed by atoms with van der Waals surface area (Å²) in [6.07, 6.45) is 2.64. The van der Waals surface area contributed by atoms with Crippen LogP contribution in [0.3, 0.4) is 0 Å². The van der Waals surface area contributed by atoms with Crippen LogP contribution in [0.5, 0.6) is 23.0 Å². The van der Waals surface area contributed by atoms with Crippen molar-refractivity contribution in [2.75, 3.05) is 40.6 Å². The van der Waals surface area contributed by atoms with E-state index < -0.39 is 11.8 Å². The molecule has 2 aromatic rings. The molecule has 0 aliphatic heterocycles. The smallest absolute Gasteiger partial charge is 0.331 e. The second kappa shape index (κ2) is 14.1. The number of carbonyl (C=O) groups excluding carboxylic acids is 2. The van der Waals surface area contributed by atoms with E-state index in [9.17, 15) is 9.59 Å². The lowest BCUT2D eigenvalue weighted by atomic mass is 10.2. The molecule has 2 amide bonds. The zero-order valence-electron chi connectivity index (χ0n) is 18.7. The fourth-order valence-corrected chi connectivity index (χ4v) is 2.51. The lowest BCUT2D eigenvalue weighted by molar-refractivity contribution is -0.139. The first-order chi connectivity index (χ1) is 16.5. The number of methoxy groups -OCH3 is 2. The fraction of sp³-hybridized carbons (Fsp3) is 0.273. The number of aliphatic hydroxyl groups is 2. The summed E-state index contributed by atoms with van der Waals surface area (Å²) in [4.78, 5) is 23.8. The Kier molecular flexibility index (Phi) is 10.8. The van der Waals surface area contributed by atoms with Gasteiger partial charge >= 0.3 is 11.8 Å². The Hall–Kier alpha value is -4.16. The van der Waals surface area contributed by atoms with Gasteiger partial charge in [-0.2, -0.15) is 10.2 Å². The maximum Gasteiger partial charge on any atom is 0.331 e. The highest BCUT2D eigenvalue weighted by molar-refractivity contribution is 6.35. The lowest BCUT2D eigenvalue weighted by Gasteiger charge is -2.10. The standard InChI is InChI=1S/C22H26N4O8/c1-31-19-11-15(3-5-17(19)33-9-7-27)13-23-25-21(29)22(30)26-24-14-16-4-6-18(34-10-8-28)20(12-16)32-2/h3-6,11-14,27-28H,7-10H2,1-2H3,(H,25,29)(H,26,30). The number of nitrogens with one attached hydrogen (secondary N) is 2. The lowest BCUT2D eigenvalue weighted by Crippen LogP contribution is -2.35. The van der Waals surface area contributed by atoms with E-state index in [1.165, 1.54) is 26.6 Å². The van der Waals surface area contributed by atoms with Gasteiger partial charge in [-0.1, -0.05) is 0 Å². The summed E-state index contributed by atoms with van der Waals surface area (Å²) in [5.74, 6) is -0.317. The molecule has 0 aromatic heterocycles. The summed E-state index contributed by atoms with van der Waals surface area (Å²) in [5, 5.41) is 25.1. The first-order valence-electron chi connectivity index (χ1n) is 10.0. The predicted octanol–water partition coefficient (Wildman–Crippen LogP) is 0.0464. The fourth-order valence-electron chi connectivity index (χ4n) is 2.51. The van der Waals surface area contributed by atoms with Crippen LogP contribution in [-0.2, 0) is 9.59 Å². The minimum Gasteiger partial charge on any atom is -0.493 e. The van der Waals surface area contributed by atoms with Gasteiger partial charge in [0.15, 0.2) is 23.0 Å². The number of ether oxygens (including phenoxy) is 4. The van der Waals surface area contributed by atoms with Crippen LogP contribution >= 0.6 is 0 Å². The molecule has 182 valence electrons. The first kappa shape index (κ1) is 26.1. The van der Waals surface area contributed by atoms with E-state index in [1.807, 2.05) is 0 Å². The van der Waals surface area contributed by atoms with Crippen molar-refractivity contribution in [1.29, 1.82) is 0 Å². The molecule has 0 atom stereocenters. The second-order valence-electron chi connectivity index (χ2n) is 6.36. The molecule has 0 unspecified atom stereocenters. The molecule has 0 radical (unpaired) electrons. The number of hydrogen-bond donors (Lipinski definition) is 4. The van der Waals surface area contributed by atoms with Crippen molar-refractivity contribution in [2.24, 2.45) is 10.2 Å². The Morgan fingerprint density at radius 1 is 0.765 bits per heavy atom. The molecular formula is C22H26N4O8. The summed E-state index contributed by atoms with van der Waals surface area (Å²) in [6.45, 7) is -0.0264. The summed E-state index contributed by atoms with van der Waals surface area (Å²) in [7, 11) is 2.93. The van der Waals surface area contributed by atoms with Crippen molar-refractivity contribution in [3.63, 3.8) is 0 Å². The predicted molar refractivity (Wildman–Crippen MR) is 123 cm³/mol. The summed E-state index contributed by atoms with van der Waals surface area (Å²) >= 11 is 0. The molecule has 0 saturated heterocycles. The molecule has 0 aliphatic carbocycles. The van der Waals surface area contributed by atoms with Crippen LogP contribution < -0.4 is 29.8 Å². The molecule has 0 heterocycles. The number of amides is 2. The monoisotopic (exact) mass is 474 g/mol. The Labute approximate surface area is 195 Å². The number of hydrogen-bond acceptors (Lipinski definition) is 10. The van der Waals surface area contributed by atoms with Crippen LogP contribution in [0, 0.1) is 0 Å². The topological polar surface area (TPSA) is 160 Å². The van der Waals surface area contributed by atoms with E-state index in [-0.39, 0.29) is 26.4 Å². The van der Waals surface area contributed by atoms with Crippen LogP contribution in [0.1, 0.15) is 11.1 Å². The van der Waals surface area contributed by atoms with Gasteiger partial charge in [0.1, 0.15) is 13.2 Å². The summed E-state index contributed by atoms with van der Waals surface area (Å²) in [5.41, 5.74) is 5.34. The normalized spacial score (nSPS) is 10.8. The van der Waals surface area contributed by atoms with Crippen LogP contribution in [-0.4, -0.2) is 75.1 Å². The van der Waals surface area contributed by atoms with Crippen LogP contribution in [0.4, 0.5) is 0 Å². The number of aliphatic hydroxyl groups excluding tert-OH is 2. The first-order valence-corrected chi connectivity index (χ1v) is 10.0. The zero-order chi connectivity index (χ0) is 24.8. The third-order valence-corrected chi connectivity index (χ3v) is 4.04. The number of rotatable bonds is 12. The van der Waals surface area contributed by atoms with E-state index >= 15 is 0 Å². The van der Waals surface area contributed by atoms with Crippen LogP contribution in [0.15, 0.2) is 46.6 Å². The maximum absolute atomic E-state index is 11.9. The van der Waals surface area contributed by atoms with Gasteiger partial charge in [0.05, 0.1) is 39.9 Å². The molecule has 0 fully saturated rings. The third-order valence-electron chi connectivity index (χ3n) is 4.04. The largest absolute Gasteiger partial charge is 0.493 e. The summed E-state index contributed by atoms with van der Waals surface area (Å²) < 4.78 is 21.1. The molecule has 4 N–H and O–H groups in total. The summed E-state index contributed by atoms with van der Waals surface area (Å²) in [6, 6.07) is 9.79. The van der Waals surface area contributed by atoms with E-state index in [1.54, 1.807) is 36.4 Å². The van der Waals surface area contributed by atoms with Gasteiger partial charge in [-0.15, -0.1) is 0 Å². The minimum atomic E-state index is -1.02. The Morgan fingerprint density at radius 3 is 1.53 bits per heavy atom. The van der Waals surface area contributed by atoms with Gasteiger partial charge in [-0.3, -0.25) is 9.59 Å². The molecule has 12 nitrogen and oxygen atoms in total. The van der Waals surface area contributed by atoms with Gasteiger partial charge in [0.2, 0.25) is 0 Å². The van der Waals surface area contributed by atoms with Gasteiger partial charge in [-0.25, -0.2) is 10.9 Å². The maximum atomic E-state index is 11.9. The van der Waals surface area contributed by atoms with Gasteiger partial charge in [0, 0.05) is 0 Å². The average Bonchev–Trinajstić information content (AvgIpc) is 2.86. The highest BCUT2D eigenvalue weighted by atomic mass is 16.5.